The van der Waals surface area contributed by atoms with Gasteiger partial charge in [-0.05, 0) is 80.2 Å². The van der Waals surface area contributed by atoms with E-state index in [4.69, 9.17) is 9.47 Å². The highest BCUT2D eigenvalue weighted by atomic mass is 19.1. The number of para-hydroxylation sites is 1. The van der Waals surface area contributed by atoms with Gasteiger partial charge in [0.05, 0.1) is 37.8 Å². The fourth-order valence-electron chi connectivity index (χ4n) is 5.59. The Morgan fingerprint density at radius 3 is 2.83 bits per heavy atom. The predicted molar refractivity (Wildman–Crippen MR) is 153 cm³/mol. The number of nitrogens with one attached hydrogen (secondary N) is 1. The Morgan fingerprint density at radius 1 is 1.23 bits per heavy atom. The van der Waals surface area contributed by atoms with Crippen LogP contribution in [-0.4, -0.2) is 34.6 Å². The van der Waals surface area contributed by atoms with Gasteiger partial charge in [0.25, 0.3) is 0 Å². The van der Waals surface area contributed by atoms with E-state index in [-0.39, 0.29) is 17.6 Å². The summed E-state index contributed by atoms with van der Waals surface area (Å²) < 4.78 is 27.7. The smallest absolute Gasteiger partial charge is 0.227 e. The predicted octanol–water partition coefficient (Wildman–Crippen LogP) is 6.27. The lowest BCUT2D eigenvalue weighted by Gasteiger charge is -2.31. The number of hydrogen-bond acceptors (Lipinski definition) is 5. The van der Waals surface area contributed by atoms with Crippen LogP contribution in [0.1, 0.15) is 62.3 Å². The van der Waals surface area contributed by atoms with Crippen molar-refractivity contribution in [1.82, 2.24) is 15.0 Å². The number of methoxy groups -OCH3 is 1. The summed E-state index contributed by atoms with van der Waals surface area (Å²) in [5.74, 6) is 1.22. The number of halogens is 1. The summed E-state index contributed by atoms with van der Waals surface area (Å²) in [6.45, 7) is 7.37. The lowest BCUT2D eigenvalue weighted by atomic mass is 9.78. The molecule has 0 saturated heterocycles. The third kappa shape index (κ3) is 6.06. The van der Waals surface area contributed by atoms with Gasteiger partial charge in [-0.15, -0.1) is 11.7 Å². The highest BCUT2D eigenvalue weighted by molar-refractivity contribution is 5.97. The van der Waals surface area contributed by atoms with E-state index < -0.39 is 5.41 Å². The molecule has 1 amide bonds. The number of hydrogen-bond donors (Lipinski definition) is 1. The molecule has 3 aromatic rings. The number of aryl methyl sites for hydroxylation is 1. The Kier molecular flexibility index (Phi) is 8.52. The van der Waals surface area contributed by atoms with E-state index in [1.165, 1.54) is 6.07 Å². The molecule has 5 rings (SSSR count). The van der Waals surface area contributed by atoms with E-state index in [1.807, 2.05) is 41.2 Å². The number of carbonyl (C=O) groups is 1. The van der Waals surface area contributed by atoms with Crippen molar-refractivity contribution in [2.24, 2.45) is 11.8 Å². The second kappa shape index (κ2) is 12.2. The molecule has 1 aliphatic heterocycles. The van der Waals surface area contributed by atoms with Crippen molar-refractivity contribution in [2.45, 2.75) is 70.3 Å². The second-order valence-corrected chi connectivity index (χ2v) is 11.1. The summed E-state index contributed by atoms with van der Waals surface area (Å²) in [7, 11) is 1.62. The van der Waals surface area contributed by atoms with Gasteiger partial charge in [0, 0.05) is 11.3 Å². The summed E-state index contributed by atoms with van der Waals surface area (Å²) in [4.78, 5) is 12.7. The minimum absolute atomic E-state index is 0.0500. The Hall–Kier alpha value is -3.68. The van der Waals surface area contributed by atoms with Gasteiger partial charge in [-0.1, -0.05) is 42.8 Å². The first-order chi connectivity index (χ1) is 19.5. The lowest BCUT2D eigenvalue weighted by molar-refractivity contribution is -0.120. The van der Waals surface area contributed by atoms with Crippen LogP contribution in [0.25, 0.3) is 0 Å². The average Bonchev–Trinajstić information content (AvgIpc) is 3.71. The lowest BCUT2D eigenvalue weighted by Crippen LogP contribution is -2.30. The first kappa shape index (κ1) is 27.9. The molecular weight excluding hydrogens is 507 g/mol. The quantitative estimate of drug-likeness (QED) is 0.190. The number of ether oxygens (including phenoxy) is 2. The van der Waals surface area contributed by atoms with Crippen molar-refractivity contribution < 1.29 is 18.7 Å². The number of allylic oxidation sites excluding steroid dienone is 1. The van der Waals surface area contributed by atoms with Gasteiger partial charge in [-0.3, -0.25) is 4.79 Å². The molecule has 2 heterocycles. The first-order valence-corrected chi connectivity index (χ1v) is 14.4. The molecule has 0 spiro atoms. The molecule has 7 nitrogen and oxygen atoms in total. The van der Waals surface area contributed by atoms with Crippen molar-refractivity contribution in [1.29, 1.82) is 0 Å². The van der Waals surface area contributed by atoms with Crippen LogP contribution in [0.3, 0.4) is 0 Å². The van der Waals surface area contributed by atoms with Crippen molar-refractivity contribution in [3.05, 3.63) is 77.9 Å². The molecule has 2 atom stereocenters. The molecule has 1 N–H and O–H groups in total. The Morgan fingerprint density at radius 2 is 2.08 bits per heavy atom. The van der Waals surface area contributed by atoms with Gasteiger partial charge in [-0.25, -0.2) is 9.07 Å². The highest BCUT2D eigenvalue weighted by Crippen LogP contribution is 2.37. The molecular formula is C32H39FN4O3. The van der Waals surface area contributed by atoms with Gasteiger partial charge >= 0.3 is 0 Å². The third-order valence-electron chi connectivity index (χ3n) is 8.48. The van der Waals surface area contributed by atoms with E-state index >= 15 is 0 Å². The Labute approximate surface area is 235 Å². The van der Waals surface area contributed by atoms with E-state index in [9.17, 15) is 9.18 Å². The van der Waals surface area contributed by atoms with E-state index in [0.717, 1.165) is 73.9 Å². The molecule has 8 heteroatoms. The Bertz CT molecular complexity index is 1350. The minimum atomic E-state index is -0.442. The van der Waals surface area contributed by atoms with Crippen LogP contribution in [0.2, 0.25) is 0 Å². The standard InChI is InChI=1S/C32H39FN4O3/c1-4-32(5-2,25-15-16-27(33)29(18-25)40-20-22-13-14-22)21-37-26(19-34-36-37)11-7-6-9-24-17-23-10-8-12-28(39-3)30(23)35-31(24)38/h4,8,10,12,15-16,18-19,22,24H,1,5-7,9,11,13-14,17,20-21H2,2-3H3,(H,35,38). The van der Waals surface area contributed by atoms with Crippen LogP contribution >= 0.6 is 0 Å². The number of unbranched alkanes of at least 4 members (excludes halogenated alkanes) is 1. The molecule has 2 unspecified atom stereocenters. The number of anilines is 1. The zero-order valence-electron chi connectivity index (χ0n) is 23.5. The third-order valence-corrected chi connectivity index (χ3v) is 8.48. The molecule has 1 saturated carbocycles. The molecule has 1 aromatic heterocycles. The molecule has 2 aliphatic rings. The van der Waals surface area contributed by atoms with Crippen LogP contribution in [0.5, 0.6) is 11.5 Å². The fraction of sp³-hybridized carbons (Fsp3) is 0.469. The summed E-state index contributed by atoms with van der Waals surface area (Å²) in [5, 5.41) is 11.6. The van der Waals surface area contributed by atoms with Gasteiger partial charge in [0.1, 0.15) is 5.75 Å². The van der Waals surface area contributed by atoms with Crippen molar-refractivity contribution in [3.63, 3.8) is 0 Å². The number of carbonyl (C=O) groups excluding carboxylic acids is 1. The minimum Gasteiger partial charge on any atom is -0.495 e. The molecule has 40 heavy (non-hydrogen) atoms. The van der Waals surface area contributed by atoms with Crippen molar-refractivity contribution in [2.75, 3.05) is 19.0 Å². The van der Waals surface area contributed by atoms with E-state index in [1.54, 1.807) is 7.11 Å². The monoisotopic (exact) mass is 546 g/mol. The first-order valence-electron chi connectivity index (χ1n) is 14.4. The average molecular weight is 547 g/mol. The zero-order chi connectivity index (χ0) is 28.1. The SMILES string of the molecule is C=CC(CC)(Cn1nncc1CCCCC1Cc2cccc(OC)c2NC1=O)c1ccc(F)c(OCC2CC2)c1. The number of rotatable bonds is 14. The molecule has 1 fully saturated rings. The summed E-state index contributed by atoms with van der Waals surface area (Å²) in [6.07, 6.45) is 11.0. The van der Waals surface area contributed by atoms with E-state index in [2.05, 4.69) is 35.2 Å². The fourth-order valence-corrected chi connectivity index (χ4v) is 5.59. The normalized spacial score (nSPS) is 18.0. The maximum Gasteiger partial charge on any atom is 0.227 e. The topological polar surface area (TPSA) is 78.3 Å². The number of benzene rings is 2. The summed E-state index contributed by atoms with van der Waals surface area (Å²) in [6, 6.07) is 11.0. The number of amides is 1. The second-order valence-electron chi connectivity index (χ2n) is 11.1. The summed E-state index contributed by atoms with van der Waals surface area (Å²) >= 11 is 0. The van der Waals surface area contributed by atoms with Gasteiger partial charge in [0.15, 0.2) is 11.6 Å². The molecule has 1 aliphatic carbocycles. The molecule has 2 aromatic carbocycles. The largest absolute Gasteiger partial charge is 0.495 e. The number of fused-ring (bicyclic) bond motifs is 1. The highest BCUT2D eigenvalue weighted by Gasteiger charge is 2.31. The van der Waals surface area contributed by atoms with Gasteiger partial charge in [0.2, 0.25) is 5.91 Å². The van der Waals surface area contributed by atoms with Gasteiger partial charge in [-0.2, -0.15) is 0 Å². The van der Waals surface area contributed by atoms with Crippen LogP contribution in [0, 0.1) is 17.7 Å². The van der Waals surface area contributed by atoms with Crippen LogP contribution in [-0.2, 0) is 29.6 Å². The summed E-state index contributed by atoms with van der Waals surface area (Å²) in [5.41, 5.74) is 3.47. The van der Waals surface area contributed by atoms with E-state index in [0.29, 0.717) is 30.6 Å². The maximum absolute atomic E-state index is 14.5. The van der Waals surface area contributed by atoms with Crippen LogP contribution in [0.15, 0.2) is 55.3 Å². The number of nitrogens with zero attached hydrogens (tertiary/aromatic N) is 3. The molecule has 0 bridgehead atoms. The molecule has 212 valence electrons. The van der Waals surface area contributed by atoms with Crippen LogP contribution < -0.4 is 14.8 Å². The maximum atomic E-state index is 14.5. The Balaban J connectivity index is 1.20. The van der Waals surface area contributed by atoms with Gasteiger partial charge < -0.3 is 14.8 Å². The van der Waals surface area contributed by atoms with Crippen LogP contribution in [0.4, 0.5) is 10.1 Å². The number of aromatic nitrogens is 3. The van der Waals surface area contributed by atoms with Crippen molar-refractivity contribution >= 4 is 11.6 Å². The van der Waals surface area contributed by atoms with Crippen molar-refractivity contribution in [3.8, 4) is 11.5 Å². The molecule has 0 radical (unpaired) electrons. The zero-order valence-corrected chi connectivity index (χ0v) is 23.5.